The van der Waals surface area contributed by atoms with Gasteiger partial charge in [-0.05, 0) is 60.7 Å². The van der Waals surface area contributed by atoms with E-state index in [2.05, 4.69) is 15.3 Å². The van der Waals surface area contributed by atoms with Crippen molar-refractivity contribution in [2.24, 2.45) is 0 Å². The summed E-state index contributed by atoms with van der Waals surface area (Å²) in [5.74, 6) is 0.298. The number of rotatable bonds is 3. The Kier molecular flexibility index (Phi) is 4.11. The number of sulfone groups is 1. The molecule has 3 aromatic rings. The summed E-state index contributed by atoms with van der Waals surface area (Å²) < 4.78 is 37.5. The van der Waals surface area contributed by atoms with Crippen molar-refractivity contribution in [3.05, 3.63) is 59.7 Å². The van der Waals surface area contributed by atoms with Gasteiger partial charge in [0.1, 0.15) is 18.0 Å². The molecular weight excluding hydrogens is 353 g/mol. The molecule has 0 aliphatic heterocycles. The lowest BCUT2D eigenvalue weighted by Gasteiger charge is -2.27. The summed E-state index contributed by atoms with van der Waals surface area (Å²) in [6, 6.07) is 9.61. The molecule has 4 rings (SSSR count). The van der Waals surface area contributed by atoms with Crippen molar-refractivity contribution in [1.29, 1.82) is 0 Å². The van der Waals surface area contributed by atoms with Crippen LogP contribution in [0.15, 0.2) is 47.6 Å². The Bertz CT molecular complexity index is 1100. The normalized spacial score (nSPS) is 17.1. The van der Waals surface area contributed by atoms with Crippen molar-refractivity contribution in [1.82, 2.24) is 9.97 Å². The number of nitrogens with zero attached hydrogens (tertiary/aromatic N) is 2. The van der Waals surface area contributed by atoms with Gasteiger partial charge in [-0.3, -0.25) is 0 Å². The number of nitrogens with one attached hydrogen (secondary N) is 1. The highest BCUT2D eigenvalue weighted by Crippen LogP contribution is 2.34. The zero-order valence-corrected chi connectivity index (χ0v) is 15.1. The third kappa shape index (κ3) is 3.14. The first kappa shape index (κ1) is 16.9. The van der Waals surface area contributed by atoms with E-state index in [1.54, 1.807) is 24.3 Å². The standard InChI is InChI=1S/C19H18FN3O2S/c1-26(24,25)14-7-8-17-16(10-14)19(22-11-21-17)23-18-4-2-3-12-5-6-13(20)9-15(12)18/h5-11,18H,2-4H2,1H3,(H,21,22,23). The fraction of sp³-hybridized carbons (Fsp3) is 0.263. The van der Waals surface area contributed by atoms with Crippen LogP contribution < -0.4 is 5.32 Å². The second-order valence-corrected chi connectivity index (χ2v) is 8.62. The van der Waals surface area contributed by atoms with Gasteiger partial charge in [-0.1, -0.05) is 6.07 Å². The van der Waals surface area contributed by atoms with E-state index in [1.165, 1.54) is 18.6 Å². The molecule has 7 heteroatoms. The molecule has 1 aliphatic rings. The molecule has 1 unspecified atom stereocenters. The van der Waals surface area contributed by atoms with E-state index >= 15 is 0 Å². The Labute approximate surface area is 151 Å². The number of fused-ring (bicyclic) bond motifs is 2. The van der Waals surface area contributed by atoms with E-state index in [4.69, 9.17) is 0 Å². The summed E-state index contributed by atoms with van der Waals surface area (Å²) in [5, 5.41) is 4.01. The van der Waals surface area contributed by atoms with E-state index in [1.807, 2.05) is 6.07 Å². The summed E-state index contributed by atoms with van der Waals surface area (Å²) in [5.41, 5.74) is 2.72. The quantitative estimate of drug-likeness (QED) is 0.761. The van der Waals surface area contributed by atoms with Crippen LogP contribution in [-0.4, -0.2) is 24.6 Å². The lowest BCUT2D eigenvalue weighted by atomic mass is 9.87. The van der Waals surface area contributed by atoms with Gasteiger partial charge in [-0.25, -0.2) is 22.8 Å². The Hall–Kier alpha value is -2.54. The molecule has 0 radical (unpaired) electrons. The Morgan fingerprint density at radius 3 is 2.81 bits per heavy atom. The summed E-state index contributed by atoms with van der Waals surface area (Å²) in [6.07, 6.45) is 5.39. The van der Waals surface area contributed by atoms with Gasteiger partial charge in [0, 0.05) is 11.6 Å². The average Bonchev–Trinajstić information content (AvgIpc) is 2.61. The zero-order chi connectivity index (χ0) is 18.3. The van der Waals surface area contributed by atoms with Crippen LogP contribution in [0.3, 0.4) is 0 Å². The molecule has 1 aromatic heterocycles. The molecule has 0 fully saturated rings. The number of aryl methyl sites for hydroxylation is 1. The van der Waals surface area contributed by atoms with Gasteiger partial charge >= 0.3 is 0 Å². The minimum absolute atomic E-state index is 0.0746. The first-order valence-electron chi connectivity index (χ1n) is 8.41. The van der Waals surface area contributed by atoms with Crippen molar-refractivity contribution in [3.8, 4) is 0 Å². The molecule has 1 atom stereocenters. The van der Waals surface area contributed by atoms with Crippen LogP contribution in [0.1, 0.15) is 30.0 Å². The fourth-order valence-electron chi connectivity index (χ4n) is 3.47. The molecule has 26 heavy (non-hydrogen) atoms. The van der Waals surface area contributed by atoms with Gasteiger partial charge in [0.25, 0.3) is 0 Å². The molecule has 5 nitrogen and oxygen atoms in total. The van der Waals surface area contributed by atoms with Gasteiger partial charge in [-0.2, -0.15) is 0 Å². The first-order valence-corrected chi connectivity index (χ1v) is 10.3. The number of benzene rings is 2. The first-order chi connectivity index (χ1) is 12.4. The topological polar surface area (TPSA) is 72.0 Å². The summed E-state index contributed by atoms with van der Waals surface area (Å²) in [7, 11) is -3.33. The number of hydrogen-bond donors (Lipinski definition) is 1. The second kappa shape index (κ2) is 6.32. The lowest BCUT2D eigenvalue weighted by molar-refractivity contribution is 0.579. The van der Waals surface area contributed by atoms with E-state index < -0.39 is 9.84 Å². The molecule has 0 bridgehead atoms. The minimum atomic E-state index is -3.33. The van der Waals surface area contributed by atoms with Crippen LogP contribution in [0.4, 0.5) is 10.2 Å². The SMILES string of the molecule is CS(=O)(=O)c1ccc2ncnc(NC3CCCc4ccc(F)cc43)c2c1. The van der Waals surface area contributed by atoms with E-state index in [0.717, 1.165) is 30.4 Å². The van der Waals surface area contributed by atoms with Crippen LogP contribution in [0, 0.1) is 5.82 Å². The smallest absolute Gasteiger partial charge is 0.175 e. The van der Waals surface area contributed by atoms with Crippen molar-refractivity contribution in [3.63, 3.8) is 0 Å². The maximum Gasteiger partial charge on any atom is 0.175 e. The zero-order valence-electron chi connectivity index (χ0n) is 14.2. The van der Waals surface area contributed by atoms with Crippen molar-refractivity contribution in [2.75, 3.05) is 11.6 Å². The van der Waals surface area contributed by atoms with Crippen molar-refractivity contribution >= 4 is 26.6 Å². The van der Waals surface area contributed by atoms with Gasteiger partial charge < -0.3 is 5.32 Å². The Balaban J connectivity index is 1.78. The molecule has 0 amide bonds. The Morgan fingerprint density at radius 1 is 1.15 bits per heavy atom. The molecule has 1 heterocycles. The van der Waals surface area contributed by atoms with E-state index in [-0.39, 0.29) is 16.8 Å². The summed E-state index contributed by atoms with van der Waals surface area (Å²) in [4.78, 5) is 8.74. The van der Waals surface area contributed by atoms with Crippen molar-refractivity contribution < 1.29 is 12.8 Å². The van der Waals surface area contributed by atoms with Gasteiger partial charge in [0.15, 0.2) is 9.84 Å². The summed E-state index contributed by atoms with van der Waals surface area (Å²) >= 11 is 0. The van der Waals surface area contributed by atoms with Crippen LogP contribution in [0.2, 0.25) is 0 Å². The maximum atomic E-state index is 13.7. The predicted molar refractivity (Wildman–Crippen MR) is 98.3 cm³/mol. The van der Waals surface area contributed by atoms with Crippen LogP contribution in [-0.2, 0) is 16.3 Å². The fourth-order valence-corrected chi connectivity index (χ4v) is 4.11. The molecule has 1 N–H and O–H groups in total. The van der Waals surface area contributed by atoms with Gasteiger partial charge in [0.05, 0.1) is 16.5 Å². The summed E-state index contributed by atoms with van der Waals surface area (Å²) in [6.45, 7) is 0. The number of aromatic nitrogens is 2. The minimum Gasteiger partial charge on any atom is -0.363 e. The Morgan fingerprint density at radius 2 is 2.00 bits per heavy atom. The molecule has 2 aromatic carbocycles. The van der Waals surface area contributed by atoms with Crippen LogP contribution >= 0.6 is 0 Å². The lowest BCUT2D eigenvalue weighted by Crippen LogP contribution is -2.18. The highest BCUT2D eigenvalue weighted by molar-refractivity contribution is 7.90. The average molecular weight is 371 g/mol. The molecular formula is C19H18FN3O2S. The molecule has 0 saturated carbocycles. The van der Waals surface area contributed by atoms with Gasteiger partial charge in [0.2, 0.25) is 0 Å². The monoisotopic (exact) mass is 371 g/mol. The number of halogens is 1. The second-order valence-electron chi connectivity index (χ2n) is 6.61. The molecule has 1 aliphatic carbocycles. The predicted octanol–water partition coefficient (Wildman–Crippen LogP) is 3.66. The largest absolute Gasteiger partial charge is 0.363 e. The number of anilines is 1. The highest BCUT2D eigenvalue weighted by Gasteiger charge is 2.22. The van der Waals surface area contributed by atoms with Crippen molar-refractivity contribution in [2.45, 2.75) is 30.2 Å². The van der Waals surface area contributed by atoms with Crippen LogP contribution in [0.25, 0.3) is 10.9 Å². The van der Waals surface area contributed by atoms with Gasteiger partial charge in [-0.15, -0.1) is 0 Å². The molecule has 134 valence electrons. The highest BCUT2D eigenvalue weighted by atomic mass is 32.2. The third-order valence-electron chi connectivity index (χ3n) is 4.77. The molecule has 0 spiro atoms. The molecule has 0 saturated heterocycles. The third-order valence-corrected chi connectivity index (χ3v) is 5.88. The maximum absolute atomic E-state index is 13.7. The van der Waals surface area contributed by atoms with E-state index in [9.17, 15) is 12.8 Å². The van der Waals surface area contributed by atoms with E-state index in [0.29, 0.717) is 16.7 Å². The number of hydrogen-bond acceptors (Lipinski definition) is 5. The van der Waals surface area contributed by atoms with Crippen LogP contribution in [0.5, 0.6) is 0 Å².